The second kappa shape index (κ2) is 6.30. The number of aromatic nitrogens is 2. The lowest BCUT2D eigenvalue weighted by atomic mass is 10.1. The molecule has 1 aliphatic heterocycles. The minimum absolute atomic E-state index is 0.303. The maximum Gasteiger partial charge on any atom is 0.225 e. The van der Waals surface area contributed by atoms with Gasteiger partial charge in [-0.15, -0.1) is 0 Å². The van der Waals surface area contributed by atoms with Gasteiger partial charge in [0.2, 0.25) is 5.91 Å². The zero-order valence-electron chi connectivity index (χ0n) is 15.2. The number of fused-ring (bicyclic) bond motifs is 1. The van der Waals surface area contributed by atoms with E-state index in [0.29, 0.717) is 11.8 Å². The van der Waals surface area contributed by atoms with Gasteiger partial charge in [0, 0.05) is 55.7 Å². The number of nitrogens with two attached hydrogens (primary N) is 1. The van der Waals surface area contributed by atoms with Crippen molar-refractivity contribution >= 4 is 22.8 Å². The van der Waals surface area contributed by atoms with Crippen LogP contribution in [0.15, 0.2) is 48.8 Å². The molecule has 2 aliphatic rings. The van der Waals surface area contributed by atoms with E-state index >= 15 is 0 Å². The fourth-order valence-electron chi connectivity index (χ4n) is 3.86. The van der Waals surface area contributed by atoms with Crippen LogP contribution in [0.4, 0.5) is 11.4 Å². The lowest BCUT2D eigenvalue weighted by molar-refractivity contribution is -0.132. The van der Waals surface area contributed by atoms with Crippen LogP contribution in [-0.2, 0) is 4.79 Å². The highest BCUT2D eigenvalue weighted by Crippen LogP contribution is 2.32. The fourth-order valence-corrected chi connectivity index (χ4v) is 3.86. The summed E-state index contributed by atoms with van der Waals surface area (Å²) >= 11 is 0. The highest BCUT2D eigenvalue weighted by atomic mass is 16.2. The van der Waals surface area contributed by atoms with Crippen LogP contribution in [0.25, 0.3) is 16.6 Å². The number of amides is 1. The standard InChI is InChI=1S/C21H23N5O/c22-18-5-3-15(4-6-18)17-13-20-19(7-8-23-26(20)14-17)24-9-11-25(12-10-24)21(27)16-1-2-16/h3-8,13-14,16H,1-2,9-12,22H2. The smallest absolute Gasteiger partial charge is 0.225 e. The topological polar surface area (TPSA) is 66.9 Å². The van der Waals surface area contributed by atoms with Crippen LogP contribution < -0.4 is 10.6 Å². The largest absolute Gasteiger partial charge is 0.399 e. The highest BCUT2D eigenvalue weighted by molar-refractivity contribution is 5.82. The second-order valence-corrected chi connectivity index (χ2v) is 7.48. The molecular weight excluding hydrogens is 338 g/mol. The summed E-state index contributed by atoms with van der Waals surface area (Å²) in [4.78, 5) is 16.7. The molecule has 5 rings (SSSR count). The summed E-state index contributed by atoms with van der Waals surface area (Å²) in [5.41, 5.74) is 11.1. The van der Waals surface area contributed by atoms with Gasteiger partial charge in [-0.3, -0.25) is 4.79 Å². The molecule has 1 saturated heterocycles. The van der Waals surface area contributed by atoms with Gasteiger partial charge >= 0.3 is 0 Å². The zero-order chi connectivity index (χ0) is 18.4. The van der Waals surface area contributed by atoms with Gasteiger partial charge in [-0.1, -0.05) is 12.1 Å². The Kier molecular flexibility index (Phi) is 3.77. The first kappa shape index (κ1) is 16.2. The van der Waals surface area contributed by atoms with E-state index in [1.54, 1.807) is 0 Å². The van der Waals surface area contributed by atoms with Crippen molar-refractivity contribution in [3.8, 4) is 11.1 Å². The normalized spacial score (nSPS) is 17.5. The summed E-state index contributed by atoms with van der Waals surface area (Å²) in [6.07, 6.45) is 6.04. The Balaban J connectivity index is 1.40. The van der Waals surface area contributed by atoms with E-state index in [1.165, 1.54) is 5.69 Å². The van der Waals surface area contributed by atoms with Gasteiger partial charge in [-0.2, -0.15) is 5.10 Å². The van der Waals surface area contributed by atoms with Crippen LogP contribution in [-0.4, -0.2) is 46.6 Å². The first-order chi connectivity index (χ1) is 13.2. The van der Waals surface area contributed by atoms with Crippen molar-refractivity contribution in [2.24, 2.45) is 5.92 Å². The van der Waals surface area contributed by atoms with Gasteiger partial charge in [0.25, 0.3) is 0 Å². The third-order valence-corrected chi connectivity index (χ3v) is 5.59. The molecule has 0 spiro atoms. The highest BCUT2D eigenvalue weighted by Gasteiger charge is 2.34. The van der Waals surface area contributed by atoms with Crippen LogP contribution in [0.5, 0.6) is 0 Å². The summed E-state index contributed by atoms with van der Waals surface area (Å²) in [6, 6.07) is 12.2. The van der Waals surface area contributed by atoms with Gasteiger partial charge in [-0.05, 0) is 42.7 Å². The van der Waals surface area contributed by atoms with Crippen LogP contribution in [0.2, 0.25) is 0 Å². The summed E-state index contributed by atoms with van der Waals surface area (Å²) in [5.74, 6) is 0.653. The molecule has 6 nitrogen and oxygen atoms in total. The number of benzene rings is 1. The average molecular weight is 361 g/mol. The molecule has 1 aliphatic carbocycles. The molecule has 138 valence electrons. The van der Waals surface area contributed by atoms with Crippen LogP contribution in [0.3, 0.4) is 0 Å². The Morgan fingerprint density at radius 1 is 1.00 bits per heavy atom. The number of carbonyl (C=O) groups is 1. The lowest BCUT2D eigenvalue weighted by Gasteiger charge is -2.36. The van der Waals surface area contributed by atoms with Gasteiger partial charge in [0.05, 0.1) is 11.2 Å². The molecular formula is C21H23N5O. The molecule has 3 aromatic rings. The number of rotatable bonds is 3. The van der Waals surface area contributed by atoms with Crippen LogP contribution in [0, 0.1) is 5.92 Å². The molecule has 2 N–H and O–H groups in total. The number of hydrogen-bond donors (Lipinski definition) is 1. The zero-order valence-corrected chi connectivity index (χ0v) is 15.2. The van der Waals surface area contributed by atoms with Crippen molar-refractivity contribution in [2.45, 2.75) is 12.8 Å². The maximum absolute atomic E-state index is 12.3. The van der Waals surface area contributed by atoms with E-state index < -0.39 is 0 Å². The van der Waals surface area contributed by atoms with E-state index in [-0.39, 0.29) is 0 Å². The molecule has 0 radical (unpaired) electrons. The Bertz CT molecular complexity index is 981. The minimum Gasteiger partial charge on any atom is -0.399 e. The van der Waals surface area contributed by atoms with Gasteiger partial charge in [0.1, 0.15) is 0 Å². The van der Waals surface area contributed by atoms with E-state index in [2.05, 4.69) is 28.3 Å². The molecule has 0 bridgehead atoms. The predicted molar refractivity (Wildman–Crippen MR) is 107 cm³/mol. The monoisotopic (exact) mass is 361 g/mol. The Morgan fingerprint density at radius 2 is 1.74 bits per heavy atom. The number of nitrogen functional groups attached to an aromatic ring is 1. The van der Waals surface area contributed by atoms with Crippen molar-refractivity contribution in [1.29, 1.82) is 0 Å². The third kappa shape index (κ3) is 3.01. The summed E-state index contributed by atoms with van der Waals surface area (Å²) < 4.78 is 1.93. The molecule has 6 heteroatoms. The molecule has 3 heterocycles. The van der Waals surface area contributed by atoms with E-state index in [9.17, 15) is 4.79 Å². The number of hydrogen-bond acceptors (Lipinski definition) is 4. The molecule has 1 amide bonds. The minimum atomic E-state index is 0.303. The third-order valence-electron chi connectivity index (χ3n) is 5.59. The molecule has 27 heavy (non-hydrogen) atoms. The van der Waals surface area contributed by atoms with Crippen molar-refractivity contribution < 1.29 is 4.79 Å². The molecule has 0 atom stereocenters. The SMILES string of the molecule is Nc1ccc(-c2cc3c(N4CCN(C(=O)C5CC5)CC4)ccnn3c2)cc1. The summed E-state index contributed by atoms with van der Waals surface area (Å²) in [5, 5.41) is 4.48. The summed E-state index contributed by atoms with van der Waals surface area (Å²) in [6.45, 7) is 3.33. The quantitative estimate of drug-likeness (QED) is 0.729. The second-order valence-electron chi connectivity index (χ2n) is 7.48. The van der Waals surface area contributed by atoms with E-state index in [0.717, 1.165) is 61.4 Å². The molecule has 2 fully saturated rings. The van der Waals surface area contributed by atoms with Gasteiger partial charge in [0.15, 0.2) is 0 Å². The molecule has 0 unspecified atom stereocenters. The van der Waals surface area contributed by atoms with E-state index in [1.807, 2.05) is 39.9 Å². The van der Waals surface area contributed by atoms with Crippen molar-refractivity contribution in [3.63, 3.8) is 0 Å². The number of anilines is 2. The first-order valence-electron chi connectivity index (χ1n) is 9.56. The van der Waals surface area contributed by atoms with Crippen molar-refractivity contribution in [2.75, 3.05) is 36.8 Å². The van der Waals surface area contributed by atoms with Crippen LogP contribution >= 0.6 is 0 Å². The van der Waals surface area contributed by atoms with E-state index in [4.69, 9.17) is 5.73 Å². The predicted octanol–water partition coefficient (Wildman–Crippen LogP) is 2.64. The lowest BCUT2D eigenvalue weighted by Crippen LogP contribution is -2.49. The first-order valence-corrected chi connectivity index (χ1v) is 9.56. The van der Waals surface area contributed by atoms with Gasteiger partial charge in [-0.25, -0.2) is 4.52 Å². The van der Waals surface area contributed by atoms with Gasteiger partial charge < -0.3 is 15.5 Å². The maximum atomic E-state index is 12.3. The summed E-state index contributed by atoms with van der Waals surface area (Å²) in [7, 11) is 0. The van der Waals surface area contributed by atoms with Crippen LogP contribution in [0.1, 0.15) is 12.8 Å². The average Bonchev–Trinajstić information content (AvgIpc) is 3.46. The molecule has 1 aromatic carbocycles. The molecule has 1 saturated carbocycles. The Labute approximate surface area is 158 Å². The number of carbonyl (C=O) groups excluding carboxylic acids is 1. The van der Waals surface area contributed by atoms with Crippen molar-refractivity contribution in [3.05, 3.63) is 48.8 Å². The number of nitrogens with zero attached hydrogens (tertiary/aromatic N) is 4. The number of piperazine rings is 1. The van der Waals surface area contributed by atoms with Crippen molar-refractivity contribution in [1.82, 2.24) is 14.5 Å². The Morgan fingerprint density at radius 3 is 2.44 bits per heavy atom. The molecule has 2 aromatic heterocycles. The Hall–Kier alpha value is -3.02. The fraction of sp³-hybridized carbons (Fsp3) is 0.333.